The number of methoxy groups -OCH3 is 2. The fraction of sp³-hybridized carbons (Fsp3) is 0.409. The lowest BCUT2D eigenvalue weighted by atomic mass is 9.84. The summed E-state index contributed by atoms with van der Waals surface area (Å²) in [5.41, 5.74) is 1.59. The van der Waals surface area contributed by atoms with Crippen molar-refractivity contribution in [2.75, 3.05) is 14.2 Å². The first-order chi connectivity index (χ1) is 13.5. The van der Waals surface area contributed by atoms with Crippen LogP contribution in [0.4, 0.5) is 4.39 Å². The Morgan fingerprint density at radius 1 is 1.04 bits per heavy atom. The van der Waals surface area contributed by atoms with Gasteiger partial charge in [0.15, 0.2) is 11.5 Å². The zero-order chi connectivity index (χ0) is 19.8. The van der Waals surface area contributed by atoms with Crippen LogP contribution in [0.15, 0.2) is 36.4 Å². The minimum atomic E-state index is -0.227. The van der Waals surface area contributed by atoms with E-state index in [1.54, 1.807) is 12.1 Å². The third-order valence-corrected chi connectivity index (χ3v) is 6.04. The molecule has 0 aromatic heterocycles. The Labute approximate surface area is 163 Å². The Morgan fingerprint density at radius 3 is 2.07 bits per heavy atom. The van der Waals surface area contributed by atoms with Crippen molar-refractivity contribution < 1.29 is 23.8 Å². The van der Waals surface area contributed by atoms with Crippen LogP contribution < -0.4 is 9.47 Å². The van der Waals surface area contributed by atoms with Crippen molar-refractivity contribution in [3.8, 4) is 17.2 Å². The van der Waals surface area contributed by atoms with Gasteiger partial charge in [0.2, 0.25) is 5.75 Å². The number of hydrogen-bond acceptors (Lipinski definition) is 4. The van der Waals surface area contributed by atoms with E-state index < -0.39 is 0 Å². The van der Waals surface area contributed by atoms with Crippen LogP contribution in [0.1, 0.15) is 47.5 Å². The number of halogens is 1. The van der Waals surface area contributed by atoms with Gasteiger partial charge >= 0.3 is 0 Å². The van der Waals surface area contributed by atoms with Gasteiger partial charge in [0.1, 0.15) is 5.82 Å². The van der Waals surface area contributed by atoms with Gasteiger partial charge in [-0.15, -0.1) is 0 Å². The molecule has 2 atom stereocenters. The van der Waals surface area contributed by atoms with E-state index in [-0.39, 0.29) is 41.1 Å². The normalized spacial score (nSPS) is 23.5. The van der Waals surface area contributed by atoms with Gasteiger partial charge < -0.3 is 19.5 Å². The van der Waals surface area contributed by atoms with E-state index in [1.807, 2.05) is 17.0 Å². The number of benzene rings is 2. The van der Waals surface area contributed by atoms with Crippen LogP contribution in [0, 0.1) is 5.82 Å². The van der Waals surface area contributed by atoms with E-state index in [1.165, 1.54) is 26.4 Å². The van der Waals surface area contributed by atoms with Crippen LogP contribution >= 0.6 is 0 Å². The van der Waals surface area contributed by atoms with Crippen LogP contribution in [0.2, 0.25) is 0 Å². The van der Waals surface area contributed by atoms with Crippen LogP contribution in [0.3, 0.4) is 0 Å². The van der Waals surface area contributed by atoms with E-state index in [0.29, 0.717) is 11.5 Å². The van der Waals surface area contributed by atoms with Crippen molar-refractivity contribution >= 4 is 5.91 Å². The molecule has 2 heterocycles. The standard InChI is InChI=1S/C22H24FNO4/c1-27-19-11-15(12-20(28-2)21(19)25)22(26)24-17-7-8-18(24)10-14(9-17)13-3-5-16(23)6-4-13/h3-6,11-12,14,17-18,25H,7-10H2,1-2H3. The summed E-state index contributed by atoms with van der Waals surface area (Å²) >= 11 is 0. The first-order valence-corrected chi connectivity index (χ1v) is 9.55. The first kappa shape index (κ1) is 18.6. The lowest BCUT2D eigenvalue weighted by molar-refractivity contribution is 0.0570. The summed E-state index contributed by atoms with van der Waals surface area (Å²) in [7, 11) is 2.89. The fourth-order valence-electron chi connectivity index (χ4n) is 4.68. The number of amides is 1. The van der Waals surface area contributed by atoms with Gasteiger partial charge in [-0.25, -0.2) is 4.39 Å². The van der Waals surface area contributed by atoms with Gasteiger partial charge in [-0.3, -0.25) is 4.79 Å². The molecule has 2 aromatic carbocycles. The second kappa shape index (κ2) is 7.34. The molecule has 6 heteroatoms. The predicted octanol–water partition coefficient (Wildman–Crippen LogP) is 4.10. The highest BCUT2D eigenvalue weighted by atomic mass is 19.1. The third-order valence-electron chi connectivity index (χ3n) is 6.04. The number of phenols is 1. The molecule has 2 bridgehead atoms. The summed E-state index contributed by atoms with van der Waals surface area (Å²) in [6.07, 6.45) is 3.70. The molecule has 2 fully saturated rings. The maximum absolute atomic E-state index is 13.3. The molecule has 28 heavy (non-hydrogen) atoms. The molecule has 0 spiro atoms. The van der Waals surface area contributed by atoms with Crippen molar-refractivity contribution in [1.29, 1.82) is 0 Å². The summed E-state index contributed by atoms with van der Waals surface area (Å²) in [6.45, 7) is 0. The molecule has 1 amide bonds. The molecule has 148 valence electrons. The Balaban J connectivity index is 1.58. The highest BCUT2D eigenvalue weighted by Gasteiger charge is 2.44. The number of carbonyl (C=O) groups excluding carboxylic acids is 1. The second-order valence-electron chi connectivity index (χ2n) is 7.55. The third kappa shape index (κ3) is 3.17. The Hall–Kier alpha value is -2.76. The Morgan fingerprint density at radius 2 is 1.57 bits per heavy atom. The maximum Gasteiger partial charge on any atom is 0.254 e. The topological polar surface area (TPSA) is 59.0 Å². The van der Waals surface area contributed by atoms with E-state index in [4.69, 9.17) is 9.47 Å². The van der Waals surface area contributed by atoms with Crippen molar-refractivity contribution in [3.63, 3.8) is 0 Å². The van der Waals surface area contributed by atoms with Gasteiger partial charge in [0, 0.05) is 17.6 Å². The highest BCUT2D eigenvalue weighted by Crippen LogP contribution is 2.45. The summed E-state index contributed by atoms with van der Waals surface area (Å²) < 4.78 is 23.6. The van der Waals surface area contributed by atoms with Crippen molar-refractivity contribution in [1.82, 2.24) is 4.90 Å². The summed E-state index contributed by atoms with van der Waals surface area (Å²) in [6, 6.07) is 10.2. The summed E-state index contributed by atoms with van der Waals surface area (Å²) in [4.78, 5) is 15.3. The quantitative estimate of drug-likeness (QED) is 0.861. The number of aromatic hydroxyl groups is 1. The highest BCUT2D eigenvalue weighted by molar-refractivity contribution is 5.96. The molecule has 2 aliphatic heterocycles. The fourth-order valence-corrected chi connectivity index (χ4v) is 4.68. The molecule has 5 nitrogen and oxygen atoms in total. The molecule has 1 N–H and O–H groups in total. The van der Waals surface area contributed by atoms with Crippen LogP contribution in [-0.4, -0.2) is 42.2 Å². The smallest absolute Gasteiger partial charge is 0.254 e. The Bertz CT molecular complexity index is 844. The number of nitrogens with zero attached hydrogens (tertiary/aromatic N) is 1. The van der Waals surface area contributed by atoms with Crippen LogP contribution in [-0.2, 0) is 0 Å². The lowest BCUT2D eigenvalue weighted by Gasteiger charge is -2.39. The van der Waals surface area contributed by atoms with E-state index >= 15 is 0 Å². The maximum atomic E-state index is 13.3. The van der Waals surface area contributed by atoms with Gasteiger partial charge in [-0.05, 0) is 61.4 Å². The SMILES string of the molecule is COc1cc(C(=O)N2C3CCC2CC(c2ccc(F)cc2)C3)cc(OC)c1O. The first-order valence-electron chi connectivity index (χ1n) is 9.55. The number of carbonyl (C=O) groups is 1. The Kier molecular flexibility index (Phi) is 4.87. The number of ether oxygens (including phenoxy) is 2. The van der Waals surface area contributed by atoms with Gasteiger partial charge in [-0.1, -0.05) is 12.1 Å². The summed E-state index contributed by atoms with van der Waals surface area (Å²) in [5.74, 6) is 0.370. The number of rotatable bonds is 4. The lowest BCUT2D eigenvalue weighted by Crippen LogP contribution is -2.46. The molecule has 2 aromatic rings. The molecule has 0 saturated carbocycles. The van der Waals surface area contributed by atoms with E-state index in [9.17, 15) is 14.3 Å². The van der Waals surface area contributed by atoms with Crippen molar-refractivity contribution in [2.45, 2.75) is 43.7 Å². The van der Waals surface area contributed by atoms with E-state index in [2.05, 4.69) is 0 Å². The number of piperidine rings is 1. The number of phenolic OH excluding ortho intramolecular Hbond substituents is 1. The van der Waals surface area contributed by atoms with Gasteiger partial charge in [0.25, 0.3) is 5.91 Å². The number of fused-ring (bicyclic) bond motifs is 2. The zero-order valence-electron chi connectivity index (χ0n) is 16.0. The van der Waals surface area contributed by atoms with Crippen molar-refractivity contribution in [3.05, 3.63) is 53.3 Å². The molecule has 0 radical (unpaired) electrons. The minimum absolute atomic E-state index is 0.0679. The van der Waals surface area contributed by atoms with Crippen molar-refractivity contribution in [2.24, 2.45) is 0 Å². The van der Waals surface area contributed by atoms with Crippen LogP contribution in [0.25, 0.3) is 0 Å². The average molecular weight is 385 g/mol. The summed E-state index contributed by atoms with van der Waals surface area (Å²) in [5, 5.41) is 10.1. The van der Waals surface area contributed by atoms with Crippen LogP contribution in [0.5, 0.6) is 17.2 Å². The molecular formula is C22H24FNO4. The average Bonchev–Trinajstić information content (AvgIpc) is 2.97. The molecule has 2 saturated heterocycles. The molecule has 0 aliphatic carbocycles. The molecule has 4 rings (SSSR count). The molecular weight excluding hydrogens is 361 g/mol. The second-order valence-corrected chi connectivity index (χ2v) is 7.55. The predicted molar refractivity (Wildman–Crippen MR) is 103 cm³/mol. The minimum Gasteiger partial charge on any atom is -0.502 e. The molecule has 2 unspecified atom stereocenters. The zero-order valence-corrected chi connectivity index (χ0v) is 16.0. The van der Waals surface area contributed by atoms with Gasteiger partial charge in [-0.2, -0.15) is 0 Å². The van der Waals surface area contributed by atoms with Gasteiger partial charge in [0.05, 0.1) is 14.2 Å². The molecule has 2 aliphatic rings. The van der Waals surface area contributed by atoms with E-state index in [0.717, 1.165) is 31.2 Å². The monoisotopic (exact) mass is 385 g/mol. The number of hydrogen-bond donors (Lipinski definition) is 1. The largest absolute Gasteiger partial charge is 0.502 e.